The number of hydrogen-bond acceptors (Lipinski definition) is 5. The monoisotopic (exact) mass is 396 g/mol. The number of nitrogens with one attached hydrogen (secondary N) is 1. The molecule has 7 nitrogen and oxygen atoms in total. The third-order valence-corrected chi connectivity index (χ3v) is 3.34. The zero-order valence-corrected chi connectivity index (χ0v) is 13.6. The second-order valence-electron chi connectivity index (χ2n) is 4.55. The van der Waals surface area contributed by atoms with Crippen LogP contribution in [0.3, 0.4) is 0 Å². The predicted octanol–water partition coefficient (Wildman–Crippen LogP) is 3.29. The number of rotatable bonds is 5. The third-order valence-electron chi connectivity index (χ3n) is 2.85. The fraction of sp³-hybridized carbons (Fsp3) is 0.0667. The first-order valence-electron chi connectivity index (χ1n) is 6.53. The highest BCUT2D eigenvalue weighted by molar-refractivity contribution is 9.10. The van der Waals surface area contributed by atoms with Crippen LogP contribution < -0.4 is 5.32 Å². The molecule has 0 saturated heterocycles. The summed E-state index contributed by atoms with van der Waals surface area (Å²) in [7, 11) is 0. The van der Waals surface area contributed by atoms with Crippen molar-refractivity contribution in [3.8, 4) is 0 Å². The van der Waals surface area contributed by atoms with Crippen LogP contribution in [0.5, 0.6) is 0 Å². The summed E-state index contributed by atoms with van der Waals surface area (Å²) in [6.45, 7) is -0.620. The van der Waals surface area contributed by atoms with E-state index in [1.54, 1.807) is 0 Å². The molecule has 2 rings (SSSR count). The summed E-state index contributed by atoms with van der Waals surface area (Å²) in [6, 6.07) is 8.93. The Hall–Kier alpha value is -2.81. The molecule has 0 spiro atoms. The van der Waals surface area contributed by atoms with Gasteiger partial charge in [0.25, 0.3) is 11.6 Å². The van der Waals surface area contributed by atoms with Gasteiger partial charge in [-0.3, -0.25) is 14.9 Å². The molecule has 0 aliphatic heterocycles. The Bertz CT molecular complexity index is 795. The van der Waals surface area contributed by atoms with E-state index in [0.717, 1.165) is 6.07 Å². The molecule has 0 atom stereocenters. The molecule has 2 aromatic carbocycles. The molecule has 0 bridgehead atoms. The number of carbonyl (C=O) groups excluding carboxylic acids is 2. The maximum absolute atomic E-state index is 13.6. The first-order valence-corrected chi connectivity index (χ1v) is 7.32. The van der Waals surface area contributed by atoms with Crippen molar-refractivity contribution in [3.05, 3.63) is 68.4 Å². The number of benzene rings is 2. The van der Waals surface area contributed by atoms with Crippen LogP contribution in [0.4, 0.5) is 15.8 Å². The highest BCUT2D eigenvalue weighted by atomic mass is 79.9. The van der Waals surface area contributed by atoms with Gasteiger partial charge in [0.1, 0.15) is 5.82 Å². The molecule has 1 N–H and O–H groups in total. The number of carbonyl (C=O) groups is 2. The molecule has 0 aromatic heterocycles. The van der Waals surface area contributed by atoms with Crippen molar-refractivity contribution in [3.63, 3.8) is 0 Å². The van der Waals surface area contributed by atoms with Crippen LogP contribution in [-0.4, -0.2) is 23.4 Å². The molecule has 0 saturated carbocycles. The van der Waals surface area contributed by atoms with E-state index in [4.69, 9.17) is 4.74 Å². The minimum absolute atomic E-state index is 0.120. The van der Waals surface area contributed by atoms with Crippen LogP contribution >= 0.6 is 15.9 Å². The lowest BCUT2D eigenvalue weighted by atomic mass is 10.2. The summed E-state index contributed by atoms with van der Waals surface area (Å²) in [6.07, 6.45) is 0. The number of esters is 1. The third kappa shape index (κ3) is 4.59. The second kappa shape index (κ2) is 7.64. The Morgan fingerprint density at radius 1 is 1.21 bits per heavy atom. The van der Waals surface area contributed by atoms with Crippen molar-refractivity contribution >= 4 is 39.2 Å². The lowest BCUT2D eigenvalue weighted by Gasteiger charge is -2.07. The van der Waals surface area contributed by atoms with Crippen molar-refractivity contribution in [1.29, 1.82) is 0 Å². The van der Waals surface area contributed by atoms with Gasteiger partial charge in [-0.05, 0) is 30.3 Å². The van der Waals surface area contributed by atoms with Crippen LogP contribution in [-0.2, 0) is 9.53 Å². The van der Waals surface area contributed by atoms with Gasteiger partial charge in [-0.25, -0.2) is 9.18 Å². The number of nitrogens with zero attached hydrogens (tertiary/aromatic N) is 1. The number of nitro benzene ring substituents is 1. The number of nitro groups is 1. The Morgan fingerprint density at radius 3 is 2.46 bits per heavy atom. The van der Waals surface area contributed by atoms with Crippen molar-refractivity contribution in [2.45, 2.75) is 0 Å². The van der Waals surface area contributed by atoms with Crippen molar-refractivity contribution in [1.82, 2.24) is 0 Å². The van der Waals surface area contributed by atoms with Crippen molar-refractivity contribution in [2.75, 3.05) is 11.9 Å². The van der Waals surface area contributed by atoms with Gasteiger partial charge in [-0.2, -0.15) is 0 Å². The topological polar surface area (TPSA) is 98.5 Å². The number of non-ortho nitro benzene ring substituents is 1. The lowest BCUT2D eigenvalue weighted by molar-refractivity contribution is -0.384. The number of ether oxygens (including phenoxy) is 1. The zero-order chi connectivity index (χ0) is 17.7. The van der Waals surface area contributed by atoms with Gasteiger partial charge in [0.2, 0.25) is 0 Å². The quantitative estimate of drug-likeness (QED) is 0.474. The van der Waals surface area contributed by atoms with Gasteiger partial charge in [0.15, 0.2) is 6.61 Å². The lowest BCUT2D eigenvalue weighted by Crippen LogP contribution is -2.21. The molecule has 0 radical (unpaired) electrons. The van der Waals surface area contributed by atoms with Gasteiger partial charge >= 0.3 is 5.97 Å². The van der Waals surface area contributed by atoms with Crippen LogP contribution in [0.15, 0.2) is 46.9 Å². The Morgan fingerprint density at radius 2 is 1.88 bits per heavy atom. The van der Waals surface area contributed by atoms with E-state index in [1.807, 2.05) is 0 Å². The molecular formula is C15H10BrFN2O5. The summed E-state index contributed by atoms with van der Waals surface area (Å²) in [5, 5.41) is 12.9. The molecular weight excluding hydrogens is 387 g/mol. The van der Waals surface area contributed by atoms with E-state index in [2.05, 4.69) is 21.2 Å². The molecule has 24 heavy (non-hydrogen) atoms. The maximum atomic E-state index is 13.6. The van der Waals surface area contributed by atoms with E-state index in [0.29, 0.717) is 10.2 Å². The molecule has 0 aliphatic carbocycles. The van der Waals surface area contributed by atoms with Gasteiger partial charge in [-0.1, -0.05) is 15.9 Å². The average Bonchev–Trinajstić information content (AvgIpc) is 2.53. The van der Waals surface area contributed by atoms with Gasteiger partial charge in [0.05, 0.1) is 10.5 Å². The van der Waals surface area contributed by atoms with E-state index in [1.165, 1.54) is 36.4 Å². The van der Waals surface area contributed by atoms with Crippen molar-refractivity contribution < 1.29 is 23.6 Å². The minimum atomic E-state index is -0.973. The molecule has 1 amide bonds. The van der Waals surface area contributed by atoms with Crippen molar-refractivity contribution in [2.24, 2.45) is 0 Å². The molecule has 0 unspecified atom stereocenters. The molecule has 2 aromatic rings. The van der Waals surface area contributed by atoms with E-state index in [-0.39, 0.29) is 11.3 Å². The SMILES string of the molecule is O=C(COC(=O)c1ccc(Br)cc1F)Nc1ccc([N+](=O)[O-])cc1. The summed E-state index contributed by atoms with van der Waals surface area (Å²) >= 11 is 3.06. The maximum Gasteiger partial charge on any atom is 0.341 e. The van der Waals surface area contributed by atoms with Crippen LogP contribution in [0.1, 0.15) is 10.4 Å². The molecule has 9 heteroatoms. The Kier molecular flexibility index (Phi) is 5.59. The number of hydrogen-bond donors (Lipinski definition) is 1. The van der Waals surface area contributed by atoms with E-state index < -0.39 is 29.2 Å². The standard InChI is InChI=1S/C15H10BrFN2O5/c16-9-1-6-12(13(17)7-9)15(21)24-8-14(20)18-10-2-4-11(5-3-10)19(22)23/h1-7H,8H2,(H,18,20). The number of amides is 1. The minimum Gasteiger partial charge on any atom is -0.452 e. The summed E-state index contributed by atoms with van der Waals surface area (Å²) in [4.78, 5) is 33.4. The smallest absolute Gasteiger partial charge is 0.341 e. The highest BCUT2D eigenvalue weighted by Crippen LogP contribution is 2.17. The molecule has 0 heterocycles. The molecule has 0 aliphatic rings. The summed E-state index contributed by atoms with van der Waals surface area (Å²) < 4.78 is 18.8. The molecule has 124 valence electrons. The normalized spacial score (nSPS) is 10.1. The highest BCUT2D eigenvalue weighted by Gasteiger charge is 2.15. The van der Waals surface area contributed by atoms with Crippen LogP contribution in [0, 0.1) is 15.9 Å². The Balaban J connectivity index is 1.90. The largest absolute Gasteiger partial charge is 0.452 e. The molecule has 0 fully saturated rings. The average molecular weight is 397 g/mol. The van der Waals surface area contributed by atoms with E-state index in [9.17, 15) is 24.1 Å². The van der Waals surface area contributed by atoms with Crippen LogP contribution in [0.2, 0.25) is 0 Å². The fourth-order valence-electron chi connectivity index (χ4n) is 1.73. The Labute approximate surface area is 143 Å². The van der Waals surface area contributed by atoms with Gasteiger partial charge in [0, 0.05) is 22.3 Å². The number of halogens is 2. The summed E-state index contributed by atoms with van der Waals surface area (Å²) in [5.74, 6) is -2.40. The second-order valence-corrected chi connectivity index (χ2v) is 5.47. The first kappa shape index (κ1) is 17.5. The van der Waals surface area contributed by atoms with Gasteiger partial charge in [-0.15, -0.1) is 0 Å². The van der Waals surface area contributed by atoms with Crippen LogP contribution in [0.25, 0.3) is 0 Å². The number of anilines is 1. The summed E-state index contributed by atoms with van der Waals surface area (Å²) in [5.41, 5.74) is -0.108. The first-order chi connectivity index (χ1) is 11.4. The van der Waals surface area contributed by atoms with E-state index >= 15 is 0 Å². The fourth-order valence-corrected chi connectivity index (χ4v) is 2.06. The predicted molar refractivity (Wildman–Crippen MR) is 86.1 cm³/mol. The zero-order valence-electron chi connectivity index (χ0n) is 12.0. The van der Waals surface area contributed by atoms with Gasteiger partial charge < -0.3 is 10.1 Å².